The first-order valence-corrected chi connectivity index (χ1v) is 10.1. The number of amides is 1. The molecule has 2 aliphatic carbocycles. The van der Waals surface area contributed by atoms with Crippen LogP contribution in [0.1, 0.15) is 81.8 Å². The highest BCUT2D eigenvalue weighted by Crippen LogP contribution is 2.49. The number of carbonyl (C=O) groups excluding carboxylic acids is 1. The van der Waals surface area contributed by atoms with Gasteiger partial charge in [0.15, 0.2) is 0 Å². The summed E-state index contributed by atoms with van der Waals surface area (Å²) in [5.41, 5.74) is 1.99. The Kier molecular flexibility index (Phi) is 4.39. The molecule has 2 saturated carbocycles. The fourth-order valence-electron chi connectivity index (χ4n) is 4.95. The number of likely N-dealkylation sites (tertiary alicyclic amines) is 1. The highest BCUT2D eigenvalue weighted by Gasteiger charge is 2.50. The summed E-state index contributed by atoms with van der Waals surface area (Å²) in [6.07, 6.45) is 8.81. The van der Waals surface area contributed by atoms with Crippen LogP contribution in [0, 0.1) is 5.41 Å². The van der Waals surface area contributed by atoms with Crippen LogP contribution in [0.4, 0.5) is 0 Å². The molecule has 4 rings (SSSR count). The van der Waals surface area contributed by atoms with Gasteiger partial charge < -0.3 is 10.0 Å². The van der Waals surface area contributed by atoms with Crippen molar-refractivity contribution < 1.29 is 9.90 Å². The first kappa shape index (κ1) is 17.1. The summed E-state index contributed by atoms with van der Waals surface area (Å²) >= 11 is 0. The van der Waals surface area contributed by atoms with E-state index in [1.54, 1.807) is 0 Å². The number of hydrogen-bond donors (Lipinski definition) is 1. The molecule has 1 saturated heterocycles. The maximum absolute atomic E-state index is 13.1. The van der Waals surface area contributed by atoms with E-state index in [1.807, 2.05) is 0 Å². The molecule has 0 aromatic heterocycles. The minimum absolute atomic E-state index is 0.187. The zero-order valence-electron chi connectivity index (χ0n) is 15.5. The first-order chi connectivity index (χ1) is 12.0. The van der Waals surface area contributed by atoms with Crippen LogP contribution in [-0.4, -0.2) is 28.1 Å². The summed E-state index contributed by atoms with van der Waals surface area (Å²) in [4.78, 5) is 15.1. The summed E-state index contributed by atoms with van der Waals surface area (Å²) < 4.78 is 0. The van der Waals surface area contributed by atoms with Crippen molar-refractivity contribution in [3.8, 4) is 0 Å². The van der Waals surface area contributed by atoms with Gasteiger partial charge in [0.2, 0.25) is 5.91 Å². The summed E-state index contributed by atoms with van der Waals surface area (Å²) in [5, 5.41) is 10.7. The Bertz CT molecular complexity index is 624. The monoisotopic (exact) mass is 341 g/mol. The maximum atomic E-state index is 13.1. The number of hydrogen-bond acceptors (Lipinski definition) is 2. The second-order valence-electron chi connectivity index (χ2n) is 8.75. The van der Waals surface area contributed by atoms with Gasteiger partial charge in [0.25, 0.3) is 0 Å². The number of rotatable bonds is 5. The lowest BCUT2D eigenvalue weighted by Gasteiger charge is -2.41. The molecule has 1 aromatic rings. The predicted molar refractivity (Wildman–Crippen MR) is 99.2 cm³/mol. The fraction of sp³-hybridized carbons (Fsp3) is 0.682. The van der Waals surface area contributed by atoms with Crippen LogP contribution in [-0.2, 0) is 11.3 Å². The number of aliphatic hydroxyl groups is 1. The van der Waals surface area contributed by atoms with E-state index < -0.39 is 5.60 Å². The van der Waals surface area contributed by atoms with E-state index in [2.05, 4.69) is 36.1 Å². The molecule has 1 heterocycles. The maximum Gasteiger partial charge on any atom is 0.229 e. The topological polar surface area (TPSA) is 40.5 Å². The lowest BCUT2D eigenvalue weighted by Crippen LogP contribution is -2.43. The molecule has 0 bridgehead atoms. The second kappa shape index (κ2) is 6.42. The summed E-state index contributed by atoms with van der Waals surface area (Å²) in [5.74, 6) is 1.12. The summed E-state index contributed by atoms with van der Waals surface area (Å²) in [7, 11) is 0. The zero-order chi connectivity index (χ0) is 17.5. The molecule has 1 N–H and O–H groups in total. The minimum atomic E-state index is -0.521. The highest BCUT2D eigenvalue weighted by molar-refractivity contribution is 5.85. The van der Waals surface area contributed by atoms with Gasteiger partial charge in [0, 0.05) is 13.1 Å². The van der Waals surface area contributed by atoms with Crippen molar-refractivity contribution in [2.24, 2.45) is 5.41 Å². The van der Waals surface area contributed by atoms with Gasteiger partial charge in [-0.05, 0) is 68.4 Å². The Morgan fingerprint density at radius 3 is 2.36 bits per heavy atom. The Labute approximate surface area is 151 Å². The van der Waals surface area contributed by atoms with Crippen molar-refractivity contribution in [1.82, 2.24) is 4.90 Å². The Balaban J connectivity index is 1.38. The van der Waals surface area contributed by atoms with E-state index in [0.29, 0.717) is 5.91 Å². The molecule has 1 aliphatic heterocycles. The molecular formula is C22H31NO2. The number of nitrogens with zero attached hydrogens (tertiary/aromatic N) is 1. The zero-order valence-corrected chi connectivity index (χ0v) is 15.5. The van der Waals surface area contributed by atoms with Gasteiger partial charge >= 0.3 is 0 Å². The van der Waals surface area contributed by atoms with E-state index in [4.69, 9.17) is 0 Å². The first-order valence-electron chi connectivity index (χ1n) is 10.1. The summed E-state index contributed by atoms with van der Waals surface area (Å²) in [6.45, 7) is 3.74. The molecule has 25 heavy (non-hydrogen) atoms. The molecular weight excluding hydrogens is 310 g/mol. The van der Waals surface area contributed by atoms with Crippen LogP contribution in [0.15, 0.2) is 24.3 Å². The van der Waals surface area contributed by atoms with Crippen LogP contribution >= 0.6 is 0 Å². The van der Waals surface area contributed by atoms with Crippen molar-refractivity contribution >= 4 is 5.91 Å². The standard InChI is InChI=1S/C22H31NO2/c1-2-9-22(25)12-10-21(11-13-22)14-15-23(20(21)24)16-17-3-5-18(6-4-17)19-7-8-19/h3-6,19,25H,2,7-16H2,1H3. The molecule has 3 aliphatic rings. The molecule has 136 valence electrons. The molecule has 1 spiro atoms. The minimum Gasteiger partial charge on any atom is -0.390 e. The lowest BCUT2D eigenvalue weighted by molar-refractivity contribution is -0.141. The third kappa shape index (κ3) is 3.36. The molecule has 3 fully saturated rings. The van der Waals surface area contributed by atoms with Crippen LogP contribution in [0.25, 0.3) is 0 Å². The molecule has 3 heteroatoms. The van der Waals surface area contributed by atoms with E-state index in [9.17, 15) is 9.90 Å². The van der Waals surface area contributed by atoms with Gasteiger partial charge in [-0.2, -0.15) is 0 Å². The molecule has 1 amide bonds. The van der Waals surface area contributed by atoms with Crippen molar-refractivity contribution in [2.75, 3.05) is 6.54 Å². The van der Waals surface area contributed by atoms with E-state index in [1.165, 1.54) is 24.0 Å². The van der Waals surface area contributed by atoms with Gasteiger partial charge in [-0.15, -0.1) is 0 Å². The molecule has 0 radical (unpaired) electrons. The number of benzene rings is 1. The quantitative estimate of drug-likeness (QED) is 0.863. The van der Waals surface area contributed by atoms with Gasteiger partial charge in [0.05, 0.1) is 11.0 Å². The van der Waals surface area contributed by atoms with E-state index in [0.717, 1.165) is 64.0 Å². The van der Waals surface area contributed by atoms with Gasteiger partial charge in [0.1, 0.15) is 0 Å². The third-order valence-electron chi connectivity index (χ3n) is 6.86. The molecule has 1 aromatic carbocycles. The van der Waals surface area contributed by atoms with Crippen molar-refractivity contribution in [3.05, 3.63) is 35.4 Å². The smallest absolute Gasteiger partial charge is 0.229 e. The van der Waals surface area contributed by atoms with Crippen molar-refractivity contribution in [1.29, 1.82) is 0 Å². The van der Waals surface area contributed by atoms with Crippen molar-refractivity contribution in [2.45, 2.75) is 82.8 Å². The van der Waals surface area contributed by atoms with E-state index in [-0.39, 0.29) is 5.41 Å². The van der Waals surface area contributed by atoms with Crippen LogP contribution in [0.5, 0.6) is 0 Å². The van der Waals surface area contributed by atoms with Crippen LogP contribution < -0.4 is 0 Å². The largest absolute Gasteiger partial charge is 0.390 e. The van der Waals surface area contributed by atoms with Gasteiger partial charge in [-0.25, -0.2) is 0 Å². The summed E-state index contributed by atoms with van der Waals surface area (Å²) in [6, 6.07) is 8.89. The second-order valence-corrected chi connectivity index (χ2v) is 8.75. The van der Waals surface area contributed by atoms with Gasteiger partial charge in [-0.3, -0.25) is 4.79 Å². The normalized spacial score (nSPS) is 32.6. The van der Waals surface area contributed by atoms with Gasteiger partial charge in [-0.1, -0.05) is 37.6 Å². The number of carbonyl (C=O) groups is 1. The average molecular weight is 341 g/mol. The lowest BCUT2D eigenvalue weighted by atomic mass is 9.67. The highest BCUT2D eigenvalue weighted by atomic mass is 16.3. The predicted octanol–water partition coefficient (Wildman–Crippen LogP) is 4.39. The molecule has 0 atom stereocenters. The van der Waals surface area contributed by atoms with Crippen LogP contribution in [0.2, 0.25) is 0 Å². The average Bonchev–Trinajstić information content (AvgIpc) is 3.41. The SMILES string of the molecule is CCCC1(O)CCC2(CCN(Cc3ccc(C4CC4)cc3)C2=O)CC1. The fourth-order valence-corrected chi connectivity index (χ4v) is 4.95. The Morgan fingerprint density at radius 1 is 1.08 bits per heavy atom. The van der Waals surface area contributed by atoms with Crippen molar-refractivity contribution in [3.63, 3.8) is 0 Å². The third-order valence-corrected chi connectivity index (χ3v) is 6.86. The molecule has 0 unspecified atom stereocenters. The van der Waals surface area contributed by atoms with Crippen LogP contribution in [0.3, 0.4) is 0 Å². The Hall–Kier alpha value is -1.35. The van der Waals surface area contributed by atoms with E-state index >= 15 is 0 Å². The molecule has 3 nitrogen and oxygen atoms in total. The Morgan fingerprint density at radius 2 is 1.76 bits per heavy atom.